The molecule has 0 aromatic carbocycles. The first-order chi connectivity index (χ1) is 7.86. The smallest absolute Gasteiger partial charge is 0.105 e. The van der Waals surface area contributed by atoms with Crippen molar-refractivity contribution in [1.82, 2.24) is 5.43 Å². The number of nitrogens with two attached hydrogens (primary N) is 1. The van der Waals surface area contributed by atoms with E-state index in [2.05, 4.69) is 5.43 Å². The van der Waals surface area contributed by atoms with Crippen LogP contribution in [0.4, 0.5) is 0 Å². The van der Waals surface area contributed by atoms with Crippen LogP contribution in [-0.2, 0) is 6.42 Å². The van der Waals surface area contributed by atoms with Gasteiger partial charge < -0.3 is 4.42 Å². The summed E-state index contributed by atoms with van der Waals surface area (Å²) in [7, 11) is 0. The molecule has 4 unspecified atom stereocenters. The quantitative estimate of drug-likeness (QED) is 0.603. The fourth-order valence-corrected chi connectivity index (χ4v) is 3.77. The predicted molar refractivity (Wildman–Crippen MR) is 62.5 cm³/mol. The van der Waals surface area contributed by atoms with E-state index >= 15 is 0 Å². The molecule has 2 saturated carbocycles. The standard InChI is InChI=1S/C13H20N2O/c14-15-13(8-11-2-1-5-16-11)12-7-9-3-4-10(12)6-9/h1-2,5,9-10,12-13,15H,3-4,6-8,14H2. The van der Waals surface area contributed by atoms with Gasteiger partial charge in [-0.1, -0.05) is 6.42 Å². The molecular weight excluding hydrogens is 200 g/mol. The van der Waals surface area contributed by atoms with Gasteiger partial charge in [-0.15, -0.1) is 0 Å². The molecule has 2 aliphatic rings. The van der Waals surface area contributed by atoms with Crippen molar-refractivity contribution in [3.63, 3.8) is 0 Å². The van der Waals surface area contributed by atoms with Crippen molar-refractivity contribution < 1.29 is 4.42 Å². The second kappa shape index (κ2) is 4.22. The lowest BCUT2D eigenvalue weighted by atomic mass is 9.82. The summed E-state index contributed by atoms with van der Waals surface area (Å²) in [6, 6.07) is 4.38. The van der Waals surface area contributed by atoms with Crippen LogP contribution in [-0.4, -0.2) is 6.04 Å². The minimum absolute atomic E-state index is 0.390. The number of furan rings is 1. The van der Waals surface area contributed by atoms with Crippen LogP contribution in [0.1, 0.15) is 31.4 Å². The van der Waals surface area contributed by atoms with E-state index in [1.807, 2.05) is 12.1 Å². The van der Waals surface area contributed by atoms with Crippen molar-refractivity contribution in [1.29, 1.82) is 0 Å². The molecule has 0 radical (unpaired) electrons. The van der Waals surface area contributed by atoms with Crippen LogP contribution < -0.4 is 11.3 Å². The third kappa shape index (κ3) is 1.78. The van der Waals surface area contributed by atoms with E-state index in [4.69, 9.17) is 10.3 Å². The monoisotopic (exact) mass is 220 g/mol. The minimum atomic E-state index is 0.390. The van der Waals surface area contributed by atoms with E-state index in [0.29, 0.717) is 6.04 Å². The van der Waals surface area contributed by atoms with Gasteiger partial charge in [0, 0.05) is 12.5 Å². The number of rotatable bonds is 4. The van der Waals surface area contributed by atoms with Crippen molar-refractivity contribution in [2.24, 2.45) is 23.6 Å². The molecule has 3 rings (SSSR count). The zero-order valence-corrected chi connectivity index (χ0v) is 9.56. The van der Waals surface area contributed by atoms with Gasteiger partial charge in [0.1, 0.15) is 5.76 Å². The normalized spacial score (nSPS) is 34.4. The average molecular weight is 220 g/mol. The maximum atomic E-state index is 5.71. The summed E-state index contributed by atoms with van der Waals surface area (Å²) in [5.74, 6) is 9.39. The van der Waals surface area contributed by atoms with Crippen LogP contribution >= 0.6 is 0 Å². The van der Waals surface area contributed by atoms with Gasteiger partial charge in [-0.3, -0.25) is 11.3 Å². The van der Waals surface area contributed by atoms with Gasteiger partial charge >= 0.3 is 0 Å². The molecule has 1 aromatic rings. The molecule has 3 heteroatoms. The highest BCUT2D eigenvalue weighted by molar-refractivity contribution is 5.04. The van der Waals surface area contributed by atoms with Gasteiger partial charge in [-0.25, -0.2) is 0 Å². The largest absolute Gasteiger partial charge is 0.469 e. The van der Waals surface area contributed by atoms with Gasteiger partial charge in [-0.2, -0.15) is 0 Å². The Morgan fingerprint density at radius 1 is 1.44 bits per heavy atom. The summed E-state index contributed by atoms with van der Waals surface area (Å²) in [6.07, 6.45) is 8.31. The summed E-state index contributed by atoms with van der Waals surface area (Å²) in [6.45, 7) is 0. The molecule has 3 nitrogen and oxygen atoms in total. The lowest BCUT2D eigenvalue weighted by molar-refractivity contribution is 0.240. The molecule has 0 spiro atoms. The molecule has 2 bridgehead atoms. The van der Waals surface area contributed by atoms with Crippen LogP contribution in [0.5, 0.6) is 0 Å². The first kappa shape index (κ1) is 10.4. The molecule has 2 fully saturated rings. The summed E-state index contributed by atoms with van der Waals surface area (Å²) < 4.78 is 5.41. The third-order valence-electron chi connectivity index (χ3n) is 4.52. The highest BCUT2D eigenvalue weighted by atomic mass is 16.3. The van der Waals surface area contributed by atoms with Crippen LogP contribution in [0, 0.1) is 17.8 Å². The number of hydrazine groups is 1. The second-order valence-electron chi connectivity index (χ2n) is 5.40. The van der Waals surface area contributed by atoms with Crippen molar-refractivity contribution in [2.75, 3.05) is 0 Å². The molecule has 3 N–H and O–H groups in total. The summed E-state index contributed by atoms with van der Waals surface area (Å²) in [5, 5.41) is 0. The van der Waals surface area contributed by atoms with Crippen molar-refractivity contribution in [3.05, 3.63) is 24.2 Å². The molecule has 88 valence electrons. The summed E-state index contributed by atoms with van der Waals surface area (Å²) >= 11 is 0. The van der Waals surface area contributed by atoms with Crippen LogP contribution in [0.2, 0.25) is 0 Å². The van der Waals surface area contributed by atoms with E-state index < -0.39 is 0 Å². The van der Waals surface area contributed by atoms with Gasteiger partial charge in [-0.05, 0) is 49.1 Å². The zero-order valence-electron chi connectivity index (χ0n) is 9.56. The molecular formula is C13H20N2O. The summed E-state index contributed by atoms with van der Waals surface area (Å²) in [4.78, 5) is 0. The number of hydrogen-bond acceptors (Lipinski definition) is 3. The SMILES string of the molecule is NNC(Cc1ccco1)C1CC2CCC1C2. The Morgan fingerprint density at radius 3 is 2.94 bits per heavy atom. The Labute approximate surface area is 96.4 Å². The first-order valence-electron chi connectivity index (χ1n) is 6.35. The average Bonchev–Trinajstić information content (AvgIpc) is 3.02. The van der Waals surface area contributed by atoms with Crippen LogP contribution in [0.25, 0.3) is 0 Å². The lowest BCUT2D eigenvalue weighted by Crippen LogP contribution is -2.44. The molecule has 1 aromatic heterocycles. The molecule has 4 atom stereocenters. The van der Waals surface area contributed by atoms with E-state index in [-0.39, 0.29) is 0 Å². The number of nitrogens with one attached hydrogen (secondary N) is 1. The van der Waals surface area contributed by atoms with Gasteiger partial charge in [0.05, 0.1) is 6.26 Å². The molecule has 2 aliphatic carbocycles. The second-order valence-corrected chi connectivity index (χ2v) is 5.40. The van der Waals surface area contributed by atoms with E-state index in [1.165, 1.54) is 25.7 Å². The van der Waals surface area contributed by atoms with Crippen LogP contribution in [0.15, 0.2) is 22.8 Å². The Balaban J connectivity index is 1.67. The maximum Gasteiger partial charge on any atom is 0.105 e. The zero-order chi connectivity index (χ0) is 11.0. The maximum absolute atomic E-state index is 5.71. The molecule has 1 heterocycles. The minimum Gasteiger partial charge on any atom is -0.469 e. The van der Waals surface area contributed by atoms with Gasteiger partial charge in [0.2, 0.25) is 0 Å². The molecule has 0 amide bonds. The first-order valence-corrected chi connectivity index (χ1v) is 6.35. The Hall–Kier alpha value is -0.800. The van der Waals surface area contributed by atoms with Crippen molar-refractivity contribution in [2.45, 2.75) is 38.1 Å². The van der Waals surface area contributed by atoms with Gasteiger partial charge in [0.25, 0.3) is 0 Å². The fraction of sp³-hybridized carbons (Fsp3) is 0.692. The highest BCUT2D eigenvalue weighted by Crippen LogP contribution is 2.49. The topological polar surface area (TPSA) is 51.2 Å². The van der Waals surface area contributed by atoms with Crippen LogP contribution in [0.3, 0.4) is 0 Å². The fourth-order valence-electron chi connectivity index (χ4n) is 3.77. The lowest BCUT2D eigenvalue weighted by Gasteiger charge is -2.29. The Morgan fingerprint density at radius 2 is 2.38 bits per heavy atom. The van der Waals surface area contributed by atoms with E-state index in [9.17, 15) is 0 Å². The Kier molecular flexibility index (Phi) is 2.74. The van der Waals surface area contributed by atoms with E-state index in [0.717, 1.165) is 29.9 Å². The number of fused-ring (bicyclic) bond motifs is 2. The Bertz CT molecular complexity index is 336. The predicted octanol–water partition coefficient (Wildman–Crippen LogP) is 2.09. The number of hydrogen-bond donors (Lipinski definition) is 2. The highest BCUT2D eigenvalue weighted by Gasteiger charge is 2.42. The van der Waals surface area contributed by atoms with Gasteiger partial charge in [0.15, 0.2) is 0 Å². The van der Waals surface area contributed by atoms with Crippen molar-refractivity contribution >= 4 is 0 Å². The summed E-state index contributed by atoms with van der Waals surface area (Å²) in [5.41, 5.74) is 3.01. The van der Waals surface area contributed by atoms with E-state index in [1.54, 1.807) is 6.26 Å². The molecule has 0 saturated heterocycles. The molecule has 16 heavy (non-hydrogen) atoms. The molecule has 0 aliphatic heterocycles. The third-order valence-corrected chi connectivity index (χ3v) is 4.52. The van der Waals surface area contributed by atoms with Crippen molar-refractivity contribution in [3.8, 4) is 0 Å².